The molecule has 5 N–H and O–H groups in total. The lowest BCUT2D eigenvalue weighted by Gasteiger charge is -2.21. The van der Waals surface area contributed by atoms with Crippen LogP contribution in [-0.2, 0) is 10.0 Å². The highest BCUT2D eigenvalue weighted by Gasteiger charge is 2.35. The number of primary sulfonamides is 1. The third-order valence-electron chi connectivity index (χ3n) is 4.56. The Morgan fingerprint density at radius 1 is 0.862 bits per heavy atom. The quantitative estimate of drug-likeness (QED) is 0.346. The SMILES string of the molecule is Nc1c(Oc2ccc(S(N)(=O)=O)cc2)cc(O)c2c1C(=O)c1ccccc1C2=O. The summed E-state index contributed by atoms with van der Waals surface area (Å²) in [6, 6.07) is 12.6. The zero-order valence-corrected chi connectivity index (χ0v) is 15.6. The molecule has 0 unspecified atom stereocenters. The summed E-state index contributed by atoms with van der Waals surface area (Å²) in [5, 5.41) is 15.5. The number of phenolic OH excluding ortho intramolecular Hbond substituents is 1. The zero-order chi connectivity index (χ0) is 20.9. The standard InChI is InChI=1S/C20H14N2O6S/c21-18-15(28-10-5-7-11(8-6-10)29(22,26)27)9-14(23)16-17(18)20(25)13-4-2-1-3-12(13)19(16)24/h1-9,23H,21H2,(H2,22,26,27). The average molecular weight is 410 g/mol. The van der Waals surface area contributed by atoms with Crippen molar-refractivity contribution in [2.45, 2.75) is 4.90 Å². The van der Waals surface area contributed by atoms with Gasteiger partial charge < -0.3 is 15.6 Å². The number of ether oxygens (including phenoxy) is 1. The molecule has 29 heavy (non-hydrogen) atoms. The van der Waals surface area contributed by atoms with E-state index < -0.39 is 27.3 Å². The summed E-state index contributed by atoms with van der Waals surface area (Å²) in [6.45, 7) is 0. The number of rotatable bonds is 3. The Morgan fingerprint density at radius 3 is 1.97 bits per heavy atom. The monoisotopic (exact) mass is 410 g/mol. The van der Waals surface area contributed by atoms with Crippen molar-refractivity contribution in [3.8, 4) is 17.2 Å². The first-order chi connectivity index (χ1) is 13.7. The molecule has 0 saturated heterocycles. The van der Waals surface area contributed by atoms with Gasteiger partial charge in [-0.25, -0.2) is 13.6 Å². The molecule has 0 aromatic heterocycles. The Hall–Kier alpha value is -3.69. The van der Waals surface area contributed by atoms with Crippen LogP contribution in [0.15, 0.2) is 59.5 Å². The van der Waals surface area contributed by atoms with Gasteiger partial charge in [0.05, 0.1) is 21.7 Å². The van der Waals surface area contributed by atoms with Crippen LogP contribution in [0.4, 0.5) is 5.69 Å². The number of nitrogens with two attached hydrogens (primary N) is 2. The number of phenols is 1. The predicted molar refractivity (Wildman–Crippen MR) is 104 cm³/mol. The lowest BCUT2D eigenvalue weighted by atomic mass is 9.82. The number of carbonyl (C=O) groups is 2. The van der Waals surface area contributed by atoms with Crippen LogP contribution < -0.4 is 15.6 Å². The molecule has 8 nitrogen and oxygen atoms in total. The molecule has 0 radical (unpaired) electrons. The highest BCUT2D eigenvalue weighted by Crippen LogP contribution is 2.42. The number of nitrogen functional groups attached to an aromatic ring is 1. The van der Waals surface area contributed by atoms with E-state index in [1.165, 1.54) is 36.4 Å². The van der Waals surface area contributed by atoms with Gasteiger partial charge in [0.2, 0.25) is 10.0 Å². The van der Waals surface area contributed by atoms with Crippen molar-refractivity contribution < 1.29 is 27.9 Å². The summed E-state index contributed by atoms with van der Waals surface area (Å²) in [4.78, 5) is 25.5. The molecule has 0 atom stereocenters. The van der Waals surface area contributed by atoms with Gasteiger partial charge in [-0.1, -0.05) is 24.3 Å². The van der Waals surface area contributed by atoms with E-state index in [1.54, 1.807) is 12.1 Å². The van der Waals surface area contributed by atoms with Gasteiger partial charge in [0, 0.05) is 17.2 Å². The largest absolute Gasteiger partial charge is 0.507 e. The highest BCUT2D eigenvalue weighted by atomic mass is 32.2. The maximum Gasteiger partial charge on any atom is 0.238 e. The molecule has 0 fully saturated rings. The minimum atomic E-state index is -3.86. The second kappa shape index (κ2) is 6.43. The molecule has 4 rings (SSSR count). The van der Waals surface area contributed by atoms with Gasteiger partial charge in [-0.15, -0.1) is 0 Å². The summed E-state index contributed by atoms with van der Waals surface area (Å²) < 4.78 is 28.3. The molecule has 0 aliphatic heterocycles. The summed E-state index contributed by atoms with van der Waals surface area (Å²) in [7, 11) is -3.86. The number of hydrogen-bond donors (Lipinski definition) is 3. The van der Waals surface area contributed by atoms with Crippen molar-refractivity contribution in [1.29, 1.82) is 0 Å². The lowest BCUT2D eigenvalue weighted by molar-refractivity contribution is 0.0977. The third-order valence-corrected chi connectivity index (χ3v) is 5.49. The summed E-state index contributed by atoms with van der Waals surface area (Å²) in [5.41, 5.74) is 6.06. The molecule has 0 saturated carbocycles. The Balaban J connectivity index is 1.79. The van der Waals surface area contributed by atoms with E-state index >= 15 is 0 Å². The van der Waals surface area contributed by atoms with Crippen molar-refractivity contribution in [1.82, 2.24) is 0 Å². The van der Waals surface area contributed by atoms with Crippen LogP contribution in [0, 0.1) is 0 Å². The Labute approximate surface area is 165 Å². The van der Waals surface area contributed by atoms with Gasteiger partial charge in [0.25, 0.3) is 0 Å². The maximum absolute atomic E-state index is 12.9. The summed E-state index contributed by atoms with van der Waals surface area (Å²) in [5.74, 6) is -1.32. The minimum Gasteiger partial charge on any atom is -0.507 e. The molecular formula is C20H14N2O6S. The van der Waals surface area contributed by atoms with Crippen LogP contribution in [-0.4, -0.2) is 25.1 Å². The Morgan fingerprint density at radius 2 is 1.41 bits per heavy atom. The number of anilines is 1. The van der Waals surface area contributed by atoms with E-state index in [2.05, 4.69) is 0 Å². The van der Waals surface area contributed by atoms with Gasteiger partial charge in [-0.05, 0) is 24.3 Å². The van der Waals surface area contributed by atoms with E-state index in [4.69, 9.17) is 15.6 Å². The summed E-state index contributed by atoms with van der Waals surface area (Å²) in [6.07, 6.45) is 0. The van der Waals surface area contributed by atoms with Crippen LogP contribution >= 0.6 is 0 Å². The van der Waals surface area contributed by atoms with Gasteiger partial charge in [0.1, 0.15) is 11.5 Å². The second-order valence-corrected chi connectivity index (χ2v) is 7.94. The third kappa shape index (κ3) is 3.02. The molecule has 0 amide bonds. The Bertz CT molecular complexity index is 1300. The first-order valence-corrected chi connectivity index (χ1v) is 9.87. The van der Waals surface area contributed by atoms with Crippen molar-refractivity contribution in [2.24, 2.45) is 5.14 Å². The van der Waals surface area contributed by atoms with Gasteiger partial charge in [-0.3, -0.25) is 9.59 Å². The van der Waals surface area contributed by atoms with E-state index in [1.807, 2.05) is 0 Å². The molecule has 0 bridgehead atoms. The number of sulfonamides is 1. The second-order valence-electron chi connectivity index (χ2n) is 6.38. The smallest absolute Gasteiger partial charge is 0.238 e. The molecule has 0 heterocycles. The maximum atomic E-state index is 12.9. The normalized spacial score (nSPS) is 13.0. The number of benzene rings is 3. The molecule has 146 valence electrons. The van der Waals surface area contributed by atoms with Crippen molar-refractivity contribution >= 4 is 27.3 Å². The fourth-order valence-corrected chi connectivity index (χ4v) is 3.70. The number of carbonyl (C=O) groups excluding carboxylic acids is 2. The number of fused-ring (bicyclic) bond motifs is 2. The average Bonchev–Trinajstić information content (AvgIpc) is 2.68. The van der Waals surface area contributed by atoms with Gasteiger partial charge >= 0.3 is 0 Å². The van der Waals surface area contributed by atoms with Gasteiger partial charge in [-0.2, -0.15) is 0 Å². The highest BCUT2D eigenvalue weighted by molar-refractivity contribution is 7.89. The minimum absolute atomic E-state index is 0.0508. The fraction of sp³-hybridized carbons (Fsp3) is 0. The molecule has 0 spiro atoms. The van der Waals surface area contributed by atoms with Crippen molar-refractivity contribution in [3.63, 3.8) is 0 Å². The van der Waals surface area contributed by atoms with Crippen LogP contribution in [0.25, 0.3) is 0 Å². The van der Waals surface area contributed by atoms with E-state index in [0.717, 1.165) is 6.07 Å². The van der Waals surface area contributed by atoms with Crippen molar-refractivity contribution in [3.05, 3.63) is 76.9 Å². The molecule has 3 aromatic rings. The molecule has 1 aliphatic rings. The fourth-order valence-electron chi connectivity index (χ4n) is 3.18. The van der Waals surface area contributed by atoms with Crippen LogP contribution in [0.1, 0.15) is 31.8 Å². The van der Waals surface area contributed by atoms with Crippen LogP contribution in [0.5, 0.6) is 17.2 Å². The lowest BCUT2D eigenvalue weighted by Crippen LogP contribution is -2.22. The molecular weight excluding hydrogens is 396 g/mol. The predicted octanol–water partition coefficient (Wildman–Crippen LogP) is 2.19. The van der Waals surface area contributed by atoms with Gasteiger partial charge in [0.15, 0.2) is 17.3 Å². The zero-order valence-electron chi connectivity index (χ0n) is 14.7. The topological polar surface area (TPSA) is 150 Å². The number of aromatic hydroxyl groups is 1. The van der Waals surface area contributed by atoms with Crippen LogP contribution in [0.2, 0.25) is 0 Å². The van der Waals surface area contributed by atoms with E-state index in [0.29, 0.717) is 0 Å². The van der Waals surface area contributed by atoms with E-state index in [-0.39, 0.29) is 44.3 Å². The van der Waals surface area contributed by atoms with E-state index in [9.17, 15) is 23.1 Å². The first-order valence-electron chi connectivity index (χ1n) is 8.33. The molecule has 3 aromatic carbocycles. The summed E-state index contributed by atoms with van der Waals surface area (Å²) >= 11 is 0. The number of hydrogen-bond acceptors (Lipinski definition) is 7. The molecule has 1 aliphatic carbocycles. The Kier molecular flexibility index (Phi) is 4.14. The number of ketones is 2. The van der Waals surface area contributed by atoms with Crippen LogP contribution in [0.3, 0.4) is 0 Å². The van der Waals surface area contributed by atoms with Crippen molar-refractivity contribution in [2.75, 3.05) is 5.73 Å². The first kappa shape index (κ1) is 18.7. The molecule has 9 heteroatoms.